The number of carbonyl (C=O) groups is 1. The highest BCUT2D eigenvalue weighted by Gasteiger charge is 2.37. The summed E-state index contributed by atoms with van der Waals surface area (Å²) >= 11 is 0. The van der Waals surface area contributed by atoms with Crippen LogP contribution in [0.5, 0.6) is 0 Å². The number of carboxylic acids is 1. The third kappa shape index (κ3) is 9.28. The van der Waals surface area contributed by atoms with Crippen molar-refractivity contribution in [2.75, 3.05) is 6.54 Å². The number of carboxylic acid groups (broad SMARTS) is 1. The van der Waals surface area contributed by atoms with Crippen LogP contribution in [0.2, 0.25) is 0 Å². The lowest BCUT2D eigenvalue weighted by Crippen LogP contribution is -2.27. The molecule has 0 fully saturated rings. The van der Waals surface area contributed by atoms with Crippen LogP contribution in [-0.2, 0) is 14.8 Å². The van der Waals surface area contributed by atoms with E-state index in [1.807, 2.05) is 6.92 Å². The summed E-state index contributed by atoms with van der Waals surface area (Å²) in [5.74, 6) is -5.67. The molecule has 1 aromatic rings. The van der Waals surface area contributed by atoms with Gasteiger partial charge in [0.15, 0.2) is 0 Å². The maximum atomic E-state index is 12.9. The van der Waals surface area contributed by atoms with Crippen molar-refractivity contribution >= 4 is 16.0 Å². The number of benzene rings is 1. The molecule has 0 unspecified atom stereocenters. The number of aliphatic carboxylic acids is 1. The van der Waals surface area contributed by atoms with Gasteiger partial charge in [0, 0.05) is 13.0 Å². The fraction of sp³-hybridized carbons (Fsp3) is 0.632. The van der Waals surface area contributed by atoms with Crippen LogP contribution in [-0.4, -0.2) is 32.0 Å². The van der Waals surface area contributed by atoms with Gasteiger partial charge in [-0.15, -0.1) is 0 Å². The number of halogens is 2. The number of nitrogens with one attached hydrogen (secondary N) is 1. The van der Waals surface area contributed by atoms with Gasteiger partial charge in [-0.3, -0.25) is 0 Å². The van der Waals surface area contributed by atoms with Gasteiger partial charge in [0.25, 0.3) is 0 Å². The number of sulfonamides is 1. The quantitative estimate of drug-likeness (QED) is 0.446. The van der Waals surface area contributed by atoms with E-state index in [4.69, 9.17) is 5.11 Å². The summed E-state index contributed by atoms with van der Waals surface area (Å²) in [6, 6.07) is 6.70. The van der Waals surface area contributed by atoms with Crippen LogP contribution >= 0.6 is 0 Å². The Morgan fingerprint density at radius 2 is 1.44 bits per heavy atom. The molecule has 0 heterocycles. The van der Waals surface area contributed by atoms with Crippen molar-refractivity contribution in [1.82, 2.24) is 4.72 Å². The molecule has 0 aliphatic carbocycles. The van der Waals surface area contributed by atoms with Crippen molar-refractivity contribution in [3.8, 4) is 0 Å². The summed E-state index contributed by atoms with van der Waals surface area (Å²) in [4.78, 5) is 10.5. The predicted octanol–water partition coefficient (Wildman–Crippen LogP) is 4.50. The van der Waals surface area contributed by atoms with Crippen LogP contribution in [0.15, 0.2) is 29.2 Å². The van der Waals surface area contributed by atoms with Gasteiger partial charge in [0.05, 0.1) is 4.90 Å². The van der Waals surface area contributed by atoms with Crippen LogP contribution in [0.4, 0.5) is 8.78 Å². The van der Waals surface area contributed by atoms with Crippen LogP contribution in [0.25, 0.3) is 0 Å². The first-order chi connectivity index (χ1) is 12.6. The van der Waals surface area contributed by atoms with Crippen LogP contribution in [0.1, 0.15) is 63.4 Å². The minimum absolute atomic E-state index is 0.208. The summed E-state index contributed by atoms with van der Waals surface area (Å²) in [5.41, 5.74) is 1.00. The highest BCUT2D eigenvalue weighted by molar-refractivity contribution is 7.89. The Hall–Kier alpha value is -1.54. The maximum Gasteiger partial charge on any atom is 0.374 e. The topological polar surface area (TPSA) is 83.5 Å². The highest BCUT2D eigenvalue weighted by Crippen LogP contribution is 2.22. The van der Waals surface area contributed by atoms with E-state index in [2.05, 4.69) is 4.72 Å². The molecule has 0 saturated heterocycles. The zero-order valence-electron chi connectivity index (χ0n) is 15.7. The van der Waals surface area contributed by atoms with Gasteiger partial charge in [-0.1, -0.05) is 56.2 Å². The molecule has 0 aromatic heterocycles. The fourth-order valence-electron chi connectivity index (χ4n) is 2.65. The molecule has 27 heavy (non-hydrogen) atoms. The first-order valence-corrected chi connectivity index (χ1v) is 10.8. The molecule has 5 nitrogen and oxygen atoms in total. The van der Waals surface area contributed by atoms with E-state index < -0.39 is 28.3 Å². The van der Waals surface area contributed by atoms with Gasteiger partial charge in [-0.05, 0) is 31.9 Å². The monoisotopic (exact) mass is 405 g/mol. The third-order valence-corrected chi connectivity index (χ3v) is 5.83. The first kappa shape index (κ1) is 23.5. The summed E-state index contributed by atoms with van der Waals surface area (Å²) in [5, 5.41) is 8.32. The summed E-state index contributed by atoms with van der Waals surface area (Å²) in [7, 11) is -3.46. The molecule has 8 heteroatoms. The van der Waals surface area contributed by atoms with Crippen molar-refractivity contribution in [3.05, 3.63) is 29.8 Å². The summed E-state index contributed by atoms with van der Waals surface area (Å²) in [6.45, 7) is 2.29. The molecule has 0 atom stereocenters. The third-order valence-electron chi connectivity index (χ3n) is 4.35. The Morgan fingerprint density at radius 1 is 0.963 bits per heavy atom. The zero-order valence-corrected chi connectivity index (χ0v) is 16.5. The lowest BCUT2D eigenvalue weighted by molar-refractivity contribution is -0.165. The molecule has 0 radical (unpaired) electrons. The van der Waals surface area contributed by atoms with Crippen LogP contribution in [0.3, 0.4) is 0 Å². The SMILES string of the molecule is Cc1ccc(S(=O)(=O)NCCCCCCCCCCC(F)(F)C(=O)O)cc1. The molecule has 154 valence electrons. The van der Waals surface area contributed by atoms with Crippen molar-refractivity contribution in [3.63, 3.8) is 0 Å². The van der Waals surface area contributed by atoms with Crippen molar-refractivity contribution in [2.24, 2.45) is 0 Å². The molecule has 0 aliphatic rings. The molecule has 0 spiro atoms. The van der Waals surface area contributed by atoms with E-state index in [0.717, 1.165) is 44.1 Å². The minimum atomic E-state index is -3.62. The standard InChI is InChI=1S/C19H29F2NO4S/c1-16-10-12-17(13-11-16)27(25,26)22-15-9-7-5-3-2-4-6-8-14-19(20,21)18(23)24/h10-13,22H,2-9,14-15H2,1H3,(H,23,24). The van der Waals surface area contributed by atoms with Crippen molar-refractivity contribution in [1.29, 1.82) is 0 Å². The normalized spacial score (nSPS) is 12.3. The van der Waals surface area contributed by atoms with E-state index in [1.165, 1.54) is 0 Å². The lowest BCUT2D eigenvalue weighted by atomic mass is 10.1. The molecular formula is C19H29F2NO4S. The minimum Gasteiger partial charge on any atom is -0.477 e. The maximum absolute atomic E-state index is 12.9. The van der Waals surface area contributed by atoms with E-state index in [9.17, 15) is 22.0 Å². The van der Waals surface area contributed by atoms with Crippen molar-refractivity contribution in [2.45, 2.75) is 75.5 Å². The Kier molecular flexibility index (Phi) is 9.87. The van der Waals surface area contributed by atoms with Crippen LogP contribution < -0.4 is 4.72 Å². The number of hydrogen-bond acceptors (Lipinski definition) is 3. The molecule has 0 bridgehead atoms. The number of aryl methyl sites for hydroxylation is 1. The second-order valence-electron chi connectivity index (χ2n) is 6.80. The summed E-state index contributed by atoms with van der Waals surface area (Å²) < 4.78 is 52.5. The van der Waals surface area contributed by atoms with Gasteiger partial charge in [0.2, 0.25) is 10.0 Å². The Morgan fingerprint density at radius 3 is 1.96 bits per heavy atom. The molecular weight excluding hydrogens is 376 g/mol. The van der Waals surface area contributed by atoms with E-state index in [1.54, 1.807) is 24.3 Å². The van der Waals surface area contributed by atoms with Gasteiger partial charge in [-0.2, -0.15) is 8.78 Å². The number of alkyl halides is 2. The van der Waals surface area contributed by atoms with E-state index >= 15 is 0 Å². The Labute approximate surface area is 160 Å². The Bertz CT molecular complexity index is 675. The van der Waals surface area contributed by atoms with E-state index in [0.29, 0.717) is 13.0 Å². The molecule has 0 saturated carbocycles. The number of hydrogen-bond donors (Lipinski definition) is 2. The predicted molar refractivity (Wildman–Crippen MR) is 101 cm³/mol. The molecule has 1 aromatic carbocycles. The molecule has 1 rings (SSSR count). The van der Waals surface area contributed by atoms with Gasteiger partial charge in [0.1, 0.15) is 0 Å². The highest BCUT2D eigenvalue weighted by atomic mass is 32.2. The first-order valence-electron chi connectivity index (χ1n) is 9.33. The average Bonchev–Trinajstić information content (AvgIpc) is 2.59. The second kappa shape index (κ2) is 11.3. The Balaban J connectivity index is 2.03. The summed E-state index contributed by atoms with van der Waals surface area (Å²) in [6.07, 6.45) is 5.47. The average molecular weight is 406 g/mol. The van der Waals surface area contributed by atoms with Gasteiger partial charge in [-0.25, -0.2) is 17.9 Å². The van der Waals surface area contributed by atoms with Gasteiger partial charge < -0.3 is 5.11 Å². The molecule has 0 amide bonds. The fourth-order valence-corrected chi connectivity index (χ4v) is 3.72. The number of rotatable bonds is 14. The number of unbranched alkanes of at least 4 members (excludes halogenated alkanes) is 7. The second-order valence-corrected chi connectivity index (χ2v) is 8.57. The van der Waals surface area contributed by atoms with E-state index in [-0.39, 0.29) is 11.3 Å². The largest absolute Gasteiger partial charge is 0.477 e. The smallest absolute Gasteiger partial charge is 0.374 e. The van der Waals surface area contributed by atoms with Gasteiger partial charge >= 0.3 is 11.9 Å². The van der Waals surface area contributed by atoms with Crippen LogP contribution in [0, 0.1) is 6.92 Å². The molecule has 2 N–H and O–H groups in total. The zero-order chi connectivity index (χ0) is 20.3. The van der Waals surface area contributed by atoms with Crippen molar-refractivity contribution < 1.29 is 27.1 Å². The lowest BCUT2D eigenvalue weighted by Gasteiger charge is -2.10. The molecule has 0 aliphatic heterocycles.